The molecule has 0 amide bonds. The normalized spacial score (nSPS) is 11.6. The van der Waals surface area contributed by atoms with Gasteiger partial charge in [0.15, 0.2) is 5.78 Å². The van der Waals surface area contributed by atoms with E-state index in [0.717, 1.165) is 6.07 Å². The molecule has 1 aromatic rings. The highest BCUT2D eigenvalue weighted by Gasteiger charge is 2.35. The number of benzene rings is 1. The minimum Gasteiger partial charge on any atom is -0.293 e. The van der Waals surface area contributed by atoms with Crippen molar-refractivity contribution in [3.63, 3.8) is 0 Å². The molecule has 88 valence electrons. The first-order valence-corrected chi connectivity index (χ1v) is 6.22. The summed E-state index contributed by atoms with van der Waals surface area (Å²) in [5.74, 6) is -0.472. The van der Waals surface area contributed by atoms with E-state index in [9.17, 15) is 18.0 Å². The van der Waals surface area contributed by atoms with Crippen LogP contribution >= 0.6 is 43.5 Å². The Kier molecular flexibility index (Phi) is 4.42. The lowest BCUT2D eigenvalue weighted by molar-refractivity contribution is -0.138. The maximum absolute atomic E-state index is 12.6. The van der Waals surface area contributed by atoms with Gasteiger partial charge in [-0.1, -0.05) is 27.5 Å². The Morgan fingerprint density at radius 2 is 1.94 bits per heavy atom. The fourth-order valence-electron chi connectivity index (χ4n) is 1.07. The van der Waals surface area contributed by atoms with Crippen LogP contribution in [0.25, 0.3) is 0 Å². The summed E-state index contributed by atoms with van der Waals surface area (Å²) in [4.78, 5) is 11.4. The second-order valence-electron chi connectivity index (χ2n) is 2.87. The predicted octanol–water partition coefficient (Wildman–Crippen LogP) is 4.70. The van der Waals surface area contributed by atoms with Crippen molar-refractivity contribution in [2.45, 2.75) is 6.18 Å². The molecule has 0 unspecified atom stereocenters. The van der Waals surface area contributed by atoms with Gasteiger partial charge in [-0.05, 0) is 28.1 Å². The molecule has 0 atom stereocenters. The van der Waals surface area contributed by atoms with E-state index in [1.807, 2.05) is 0 Å². The largest absolute Gasteiger partial charge is 0.417 e. The van der Waals surface area contributed by atoms with Gasteiger partial charge >= 0.3 is 6.18 Å². The van der Waals surface area contributed by atoms with E-state index < -0.39 is 17.5 Å². The lowest BCUT2D eigenvalue weighted by atomic mass is 10.1. The molecule has 1 aromatic carbocycles. The van der Waals surface area contributed by atoms with Gasteiger partial charge in [0.25, 0.3) is 0 Å². The monoisotopic (exact) mass is 378 g/mol. The Balaban J connectivity index is 3.44. The van der Waals surface area contributed by atoms with E-state index in [2.05, 4.69) is 31.9 Å². The number of alkyl halides is 4. The Hall–Kier alpha value is -0.0700. The van der Waals surface area contributed by atoms with Crippen molar-refractivity contribution in [3.8, 4) is 0 Å². The smallest absolute Gasteiger partial charge is 0.293 e. The molecule has 7 heteroatoms. The van der Waals surface area contributed by atoms with E-state index in [1.54, 1.807) is 0 Å². The van der Waals surface area contributed by atoms with Gasteiger partial charge in [0, 0.05) is 15.1 Å². The molecule has 0 saturated heterocycles. The molecule has 1 rings (SSSR count). The third kappa shape index (κ3) is 2.99. The quantitative estimate of drug-likeness (QED) is 0.537. The fraction of sp³-hybridized carbons (Fsp3) is 0.222. The van der Waals surface area contributed by atoms with Gasteiger partial charge in [-0.15, -0.1) is 0 Å². The van der Waals surface area contributed by atoms with Crippen molar-refractivity contribution in [3.05, 3.63) is 32.8 Å². The second-order valence-corrected chi connectivity index (χ2v) is 4.66. The molecule has 0 aliphatic rings. The summed E-state index contributed by atoms with van der Waals surface area (Å²) in [6.45, 7) is 0. The highest BCUT2D eigenvalue weighted by Crippen LogP contribution is 2.38. The van der Waals surface area contributed by atoms with Gasteiger partial charge < -0.3 is 0 Å². The zero-order valence-corrected chi connectivity index (χ0v) is 11.5. The first-order valence-electron chi connectivity index (χ1n) is 3.92. The molecule has 0 aliphatic heterocycles. The molecule has 0 bridgehead atoms. The standard InChI is InChI=1S/C9H4Br2ClF3O/c10-3-7(16)5-1-4(12)2-6(8(5)11)9(13,14)15/h1-2H,3H2. The van der Waals surface area contributed by atoms with Crippen LogP contribution in [-0.4, -0.2) is 11.1 Å². The predicted molar refractivity (Wildman–Crippen MR) is 62.3 cm³/mol. The Morgan fingerprint density at radius 1 is 1.38 bits per heavy atom. The minimum absolute atomic E-state index is 0.0662. The van der Waals surface area contributed by atoms with Gasteiger partial charge in [-0.25, -0.2) is 0 Å². The van der Waals surface area contributed by atoms with Gasteiger partial charge in [0.2, 0.25) is 0 Å². The second kappa shape index (κ2) is 5.06. The summed E-state index contributed by atoms with van der Waals surface area (Å²) in [5.41, 5.74) is -1.04. The maximum atomic E-state index is 12.6. The first kappa shape index (κ1) is 14.0. The molecule has 0 radical (unpaired) electrons. The van der Waals surface area contributed by atoms with Crippen LogP contribution in [0.1, 0.15) is 15.9 Å². The summed E-state index contributed by atoms with van der Waals surface area (Å²) < 4.78 is 37.4. The number of carbonyl (C=O) groups is 1. The third-order valence-corrected chi connectivity index (χ3v) is 3.35. The first-order chi connectivity index (χ1) is 7.27. The number of hydrogen-bond acceptors (Lipinski definition) is 1. The van der Waals surface area contributed by atoms with Crippen LogP contribution in [0.3, 0.4) is 0 Å². The fourth-order valence-corrected chi connectivity index (χ4v) is 2.27. The molecular weight excluding hydrogens is 376 g/mol. The van der Waals surface area contributed by atoms with E-state index in [1.165, 1.54) is 6.07 Å². The minimum atomic E-state index is -4.55. The van der Waals surface area contributed by atoms with Crippen molar-refractivity contribution in [1.29, 1.82) is 0 Å². The van der Waals surface area contributed by atoms with E-state index in [4.69, 9.17) is 11.6 Å². The van der Waals surface area contributed by atoms with Crippen molar-refractivity contribution in [2.24, 2.45) is 0 Å². The lowest BCUT2D eigenvalue weighted by Crippen LogP contribution is -2.10. The average Bonchev–Trinajstić information content (AvgIpc) is 2.18. The van der Waals surface area contributed by atoms with Crippen LogP contribution in [0.5, 0.6) is 0 Å². The van der Waals surface area contributed by atoms with Crippen molar-refractivity contribution >= 4 is 49.2 Å². The molecule has 0 fully saturated rings. The van der Waals surface area contributed by atoms with Crippen LogP contribution in [0.15, 0.2) is 16.6 Å². The zero-order chi connectivity index (χ0) is 12.5. The third-order valence-electron chi connectivity index (χ3n) is 1.76. The Labute approximate surface area is 111 Å². The number of Topliss-reactive ketones (excluding diaryl/α,β-unsaturated/α-hetero) is 1. The van der Waals surface area contributed by atoms with E-state index in [0.29, 0.717) is 0 Å². The number of rotatable bonds is 2. The van der Waals surface area contributed by atoms with Crippen molar-refractivity contribution in [2.75, 3.05) is 5.33 Å². The summed E-state index contributed by atoms with van der Waals surface area (Å²) in [6, 6.07) is 1.97. The number of ketones is 1. The average molecular weight is 380 g/mol. The summed E-state index contributed by atoms with van der Waals surface area (Å²) in [7, 11) is 0. The molecule has 16 heavy (non-hydrogen) atoms. The molecule has 0 N–H and O–H groups in total. The van der Waals surface area contributed by atoms with Crippen LogP contribution in [-0.2, 0) is 6.18 Å². The van der Waals surface area contributed by atoms with E-state index >= 15 is 0 Å². The van der Waals surface area contributed by atoms with Crippen LogP contribution < -0.4 is 0 Å². The summed E-state index contributed by atoms with van der Waals surface area (Å²) in [6.07, 6.45) is -4.55. The molecule has 1 nitrogen and oxygen atoms in total. The molecule has 0 spiro atoms. The zero-order valence-electron chi connectivity index (χ0n) is 7.54. The SMILES string of the molecule is O=C(CBr)c1cc(Cl)cc(C(F)(F)F)c1Br. The van der Waals surface area contributed by atoms with Gasteiger partial charge in [-0.3, -0.25) is 4.79 Å². The molecular formula is C9H4Br2ClF3O. The highest BCUT2D eigenvalue weighted by molar-refractivity contribution is 9.10. The Morgan fingerprint density at radius 3 is 2.38 bits per heavy atom. The molecule has 0 saturated carbocycles. The Bertz CT molecular complexity index is 431. The van der Waals surface area contributed by atoms with Crippen LogP contribution in [0, 0.1) is 0 Å². The van der Waals surface area contributed by atoms with Gasteiger partial charge in [0.1, 0.15) is 0 Å². The number of halogens is 6. The van der Waals surface area contributed by atoms with Crippen LogP contribution in [0.4, 0.5) is 13.2 Å². The van der Waals surface area contributed by atoms with Crippen LogP contribution in [0.2, 0.25) is 5.02 Å². The lowest BCUT2D eigenvalue weighted by Gasteiger charge is -2.12. The van der Waals surface area contributed by atoms with E-state index in [-0.39, 0.29) is 20.4 Å². The summed E-state index contributed by atoms with van der Waals surface area (Å²) in [5, 5.41) is -0.191. The maximum Gasteiger partial charge on any atom is 0.417 e. The molecule has 0 aromatic heterocycles. The summed E-state index contributed by atoms with van der Waals surface area (Å²) >= 11 is 11.2. The van der Waals surface area contributed by atoms with Gasteiger partial charge in [-0.2, -0.15) is 13.2 Å². The highest BCUT2D eigenvalue weighted by atomic mass is 79.9. The van der Waals surface area contributed by atoms with Crippen molar-refractivity contribution in [1.82, 2.24) is 0 Å². The topological polar surface area (TPSA) is 17.1 Å². The van der Waals surface area contributed by atoms with Crippen molar-refractivity contribution < 1.29 is 18.0 Å². The van der Waals surface area contributed by atoms with Gasteiger partial charge in [0.05, 0.1) is 10.9 Å². The molecule has 0 heterocycles. The number of hydrogen-bond donors (Lipinski definition) is 0. The molecule has 0 aliphatic carbocycles. The number of carbonyl (C=O) groups excluding carboxylic acids is 1.